The first-order valence-electron chi connectivity index (χ1n) is 9.89. The first kappa shape index (κ1) is 25.1. The fourth-order valence-corrected chi connectivity index (χ4v) is 2.41. The van der Waals surface area contributed by atoms with E-state index in [1.54, 1.807) is 31.5 Å². The number of carbonyl (C=O) groups excluding carboxylic acids is 1. The van der Waals surface area contributed by atoms with Gasteiger partial charge in [-0.2, -0.15) is 5.10 Å². The van der Waals surface area contributed by atoms with Crippen molar-refractivity contribution < 1.29 is 33.6 Å². The van der Waals surface area contributed by atoms with Gasteiger partial charge in [-0.25, -0.2) is 5.43 Å². The summed E-state index contributed by atoms with van der Waals surface area (Å²) in [6, 6.07) is 4.99. The zero-order chi connectivity index (χ0) is 22.2. The summed E-state index contributed by atoms with van der Waals surface area (Å²) in [5, 5.41) is 13.3. The van der Waals surface area contributed by atoms with Gasteiger partial charge in [-0.1, -0.05) is 0 Å². The number of nitrogens with zero attached hydrogens (tertiary/aromatic N) is 1. The number of aliphatic hydroxyl groups excluding tert-OH is 1. The van der Waals surface area contributed by atoms with E-state index in [4.69, 9.17) is 23.7 Å². The van der Waals surface area contributed by atoms with E-state index >= 15 is 0 Å². The highest BCUT2D eigenvalue weighted by atomic mass is 16.6. The Bertz CT molecular complexity index is 663. The second kappa shape index (κ2) is 15.6. The number of hydrazone groups is 1. The molecule has 0 aromatic heterocycles. The molecule has 0 heterocycles. The average molecular weight is 433 g/mol. The maximum absolute atomic E-state index is 11.9. The fraction of sp³-hybridized carbons (Fsp3) is 0.409. The highest BCUT2D eigenvalue weighted by Gasteiger charge is 2.14. The molecule has 0 bridgehead atoms. The van der Waals surface area contributed by atoms with Gasteiger partial charge in [0.25, 0.3) is 5.91 Å². The molecule has 1 aromatic rings. The van der Waals surface area contributed by atoms with Gasteiger partial charge in [0.15, 0.2) is 6.61 Å². The predicted molar refractivity (Wildman–Crippen MR) is 114 cm³/mol. The molecule has 2 N–H and O–H groups in total. The van der Waals surface area contributed by atoms with E-state index in [1.807, 2.05) is 25.7 Å². The molecule has 0 unspecified atom stereocenters. The van der Waals surface area contributed by atoms with Gasteiger partial charge in [0.05, 0.1) is 39.6 Å². The Kier molecular flexibility index (Phi) is 12.6. The molecule has 1 saturated carbocycles. The van der Waals surface area contributed by atoms with Gasteiger partial charge in [0, 0.05) is 25.3 Å². The second-order valence-electron chi connectivity index (χ2n) is 6.34. The molecule has 1 aliphatic rings. The molecule has 1 aromatic carbocycles. The Hall–Kier alpha value is -2.20. The molecular weight excluding hydrogens is 404 g/mol. The highest BCUT2D eigenvalue weighted by molar-refractivity contribution is 5.84. The van der Waals surface area contributed by atoms with Crippen LogP contribution in [0.1, 0.15) is 5.56 Å². The van der Waals surface area contributed by atoms with Crippen molar-refractivity contribution in [3.05, 3.63) is 55.4 Å². The summed E-state index contributed by atoms with van der Waals surface area (Å²) in [5.41, 5.74) is 3.00. The van der Waals surface area contributed by atoms with Gasteiger partial charge in [-0.15, -0.1) is 0 Å². The van der Waals surface area contributed by atoms with E-state index in [9.17, 15) is 9.90 Å². The van der Waals surface area contributed by atoms with Crippen LogP contribution in [-0.2, 0) is 25.6 Å². The summed E-state index contributed by atoms with van der Waals surface area (Å²) in [6.07, 6.45) is 9.05. The van der Waals surface area contributed by atoms with Gasteiger partial charge in [-0.05, 0) is 43.4 Å². The zero-order valence-corrected chi connectivity index (χ0v) is 17.6. The molecule has 1 amide bonds. The number of rotatable bonds is 16. The summed E-state index contributed by atoms with van der Waals surface area (Å²) in [4.78, 5) is 11.9. The largest absolute Gasteiger partial charge is 0.491 e. The lowest BCUT2D eigenvalue weighted by molar-refractivity contribution is -0.123. The number of hydrogen-bond acceptors (Lipinski definition) is 8. The Morgan fingerprint density at radius 2 is 1.61 bits per heavy atom. The average Bonchev–Trinajstić information content (AvgIpc) is 3.30. The summed E-state index contributed by atoms with van der Waals surface area (Å²) in [5.74, 6) is 1.40. The maximum atomic E-state index is 11.9. The zero-order valence-electron chi connectivity index (χ0n) is 17.6. The topological polar surface area (TPSA) is 108 Å². The molecule has 0 saturated heterocycles. The van der Waals surface area contributed by atoms with Crippen molar-refractivity contribution in [2.75, 3.05) is 53.4 Å². The number of methoxy groups -OCH3 is 1. The molecule has 0 aliphatic heterocycles. The summed E-state index contributed by atoms with van der Waals surface area (Å²) in [7, 11) is 1.62. The lowest BCUT2D eigenvalue weighted by Gasteiger charge is -2.12. The molecular formula is C22H29N2O7. The van der Waals surface area contributed by atoms with Crippen molar-refractivity contribution in [2.24, 2.45) is 5.10 Å². The number of carbonyl (C=O) groups is 1. The first-order chi connectivity index (χ1) is 15.2. The van der Waals surface area contributed by atoms with Crippen LogP contribution in [0.3, 0.4) is 0 Å². The number of benzene rings is 1. The molecule has 0 atom stereocenters. The molecule has 0 spiro atoms. The summed E-state index contributed by atoms with van der Waals surface area (Å²) >= 11 is 0. The molecule has 1 aliphatic carbocycles. The van der Waals surface area contributed by atoms with Crippen molar-refractivity contribution in [3.63, 3.8) is 0 Å². The van der Waals surface area contributed by atoms with Crippen LogP contribution >= 0.6 is 0 Å². The second-order valence-corrected chi connectivity index (χ2v) is 6.34. The van der Waals surface area contributed by atoms with Crippen molar-refractivity contribution >= 4 is 12.1 Å². The maximum Gasteiger partial charge on any atom is 0.277 e. The molecule has 1 fully saturated rings. The standard InChI is InChI=1S/C22H29N2O7/c1-27-6-7-28-8-9-29-10-11-30-20-12-19(16-25)13-21(14-20)31-17-22(26)24-23-15-18-4-2-3-5-18/h2-5,12-15,25H,6-11,16-17H2,1H3,(H,24,26)/b23-15+. The van der Waals surface area contributed by atoms with Gasteiger partial charge in [0.2, 0.25) is 0 Å². The SMILES string of the molecule is COCCOCCOCCOc1cc(CO)cc(OCC(=O)N/N=C/[C]2[CH][CH][CH][CH]2)c1. The molecule has 9 heteroatoms. The van der Waals surface area contributed by atoms with Gasteiger partial charge in [0.1, 0.15) is 18.1 Å². The first-order valence-corrected chi connectivity index (χ1v) is 9.89. The van der Waals surface area contributed by atoms with Crippen molar-refractivity contribution in [2.45, 2.75) is 6.61 Å². The minimum Gasteiger partial charge on any atom is -0.491 e. The summed E-state index contributed by atoms with van der Waals surface area (Å²) < 4.78 is 26.8. The van der Waals surface area contributed by atoms with Crippen LogP contribution in [0.15, 0.2) is 23.3 Å². The normalized spacial score (nSPS) is 14.3. The number of ether oxygens (including phenoxy) is 5. The smallest absolute Gasteiger partial charge is 0.277 e. The van der Waals surface area contributed by atoms with Gasteiger partial charge in [-0.3, -0.25) is 4.79 Å². The van der Waals surface area contributed by atoms with E-state index in [0.717, 1.165) is 5.92 Å². The molecule has 31 heavy (non-hydrogen) atoms. The number of amides is 1. The van der Waals surface area contributed by atoms with E-state index in [0.29, 0.717) is 56.7 Å². The van der Waals surface area contributed by atoms with Crippen LogP contribution < -0.4 is 14.9 Å². The van der Waals surface area contributed by atoms with Crippen molar-refractivity contribution in [1.82, 2.24) is 5.43 Å². The number of hydrogen-bond donors (Lipinski definition) is 2. The monoisotopic (exact) mass is 433 g/mol. The van der Waals surface area contributed by atoms with E-state index in [2.05, 4.69) is 10.5 Å². The van der Waals surface area contributed by atoms with Crippen molar-refractivity contribution in [3.8, 4) is 11.5 Å². The van der Waals surface area contributed by atoms with E-state index in [1.165, 1.54) is 0 Å². The van der Waals surface area contributed by atoms with Crippen LogP contribution in [0.5, 0.6) is 11.5 Å². The predicted octanol–water partition coefficient (Wildman–Crippen LogP) is 1.12. The van der Waals surface area contributed by atoms with Crippen LogP contribution in [0.4, 0.5) is 0 Å². The van der Waals surface area contributed by atoms with Gasteiger partial charge >= 0.3 is 0 Å². The minimum absolute atomic E-state index is 0.182. The third-order valence-electron chi connectivity index (χ3n) is 3.88. The van der Waals surface area contributed by atoms with E-state index in [-0.39, 0.29) is 13.2 Å². The highest BCUT2D eigenvalue weighted by Crippen LogP contribution is 2.23. The molecule has 169 valence electrons. The quantitative estimate of drug-likeness (QED) is 0.229. The number of aliphatic hydroxyl groups is 1. The minimum atomic E-state index is -0.402. The van der Waals surface area contributed by atoms with Crippen LogP contribution in [0.2, 0.25) is 0 Å². The lowest BCUT2D eigenvalue weighted by atomic mass is 10.1. The number of nitrogens with one attached hydrogen (secondary N) is 1. The molecule has 9 nitrogen and oxygen atoms in total. The fourth-order valence-electron chi connectivity index (χ4n) is 2.41. The summed E-state index contributed by atoms with van der Waals surface area (Å²) in [6.45, 7) is 2.34. The Labute approximate surface area is 183 Å². The molecule has 2 rings (SSSR count). The lowest BCUT2D eigenvalue weighted by Crippen LogP contribution is -2.25. The van der Waals surface area contributed by atoms with Crippen LogP contribution in [-0.4, -0.2) is 70.6 Å². The van der Waals surface area contributed by atoms with Crippen LogP contribution in [0, 0.1) is 31.6 Å². The Morgan fingerprint density at radius 1 is 0.968 bits per heavy atom. The third-order valence-corrected chi connectivity index (χ3v) is 3.88. The van der Waals surface area contributed by atoms with Crippen molar-refractivity contribution in [1.29, 1.82) is 0 Å². The third kappa shape index (κ3) is 11.1. The Balaban J connectivity index is 1.67. The molecule has 5 radical (unpaired) electrons. The Morgan fingerprint density at radius 3 is 2.29 bits per heavy atom. The van der Waals surface area contributed by atoms with E-state index < -0.39 is 5.91 Å². The van der Waals surface area contributed by atoms with Gasteiger partial charge < -0.3 is 28.8 Å². The van der Waals surface area contributed by atoms with Crippen LogP contribution in [0.25, 0.3) is 0 Å².